The molecule has 1 aromatic heterocycles. The molecule has 0 bridgehead atoms. The maximum Gasteiger partial charge on any atom is 0.244 e. The summed E-state index contributed by atoms with van der Waals surface area (Å²) in [5.41, 5.74) is 2.59. The van der Waals surface area contributed by atoms with Crippen LogP contribution < -0.4 is 5.32 Å². The van der Waals surface area contributed by atoms with Crippen LogP contribution in [0.25, 0.3) is 0 Å². The number of ketones is 1. The molecule has 21 heavy (non-hydrogen) atoms. The third-order valence-corrected chi connectivity index (χ3v) is 4.10. The Hall–Kier alpha value is -1.88. The number of amides is 1. The zero-order chi connectivity index (χ0) is 14.8. The van der Waals surface area contributed by atoms with Gasteiger partial charge in [0.25, 0.3) is 0 Å². The molecule has 1 aliphatic carbocycles. The molecule has 0 saturated carbocycles. The van der Waals surface area contributed by atoms with Gasteiger partial charge in [-0.3, -0.25) is 9.59 Å². The minimum Gasteiger partial charge on any atom is -0.344 e. The van der Waals surface area contributed by atoms with Crippen molar-refractivity contribution < 1.29 is 9.59 Å². The van der Waals surface area contributed by atoms with Crippen molar-refractivity contribution in [1.82, 2.24) is 4.57 Å². The van der Waals surface area contributed by atoms with E-state index in [1.165, 1.54) is 0 Å². The summed E-state index contributed by atoms with van der Waals surface area (Å²) in [6.45, 7) is 0.219. The molecule has 1 heterocycles. The summed E-state index contributed by atoms with van der Waals surface area (Å²) < 4.78 is 2.76. The number of aryl methyl sites for hydroxylation is 1. The molecule has 1 N–H and O–H groups in total. The van der Waals surface area contributed by atoms with Gasteiger partial charge in [-0.05, 0) is 42.7 Å². The number of carbonyl (C=O) groups excluding carboxylic acids is 2. The van der Waals surface area contributed by atoms with Crippen LogP contribution >= 0.6 is 15.9 Å². The molecule has 1 aliphatic rings. The van der Waals surface area contributed by atoms with Gasteiger partial charge in [0.15, 0.2) is 5.78 Å². The van der Waals surface area contributed by atoms with Gasteiger partial charge in [0.2, 0.25) is 5.91 Å². The van der Waals surface area contributed by atoms with E-state index in [0.717, 1.165) is 34.1 Å². The van der Waals surface area contributed by atoms with Gasteiger partial charge in [0, 0.05) is 34.5 Å². The van der Waals surface area contributed by atoms with E-state index in [2.05, 4.69) is 21.2 Å². The van der Waals surface area contributed by atoms with Gasteiger partial charge in [-0.15, -0.1) is 0 Å². The van der Waals surface area contributed by atoms with Crippen LogP contribution in [0.3, 0.4) is 0 Å². The third-order valence-electron chi connectivity index (χ3n) is 3.57. The number of rotatable bonds is 3. The fourth-order valence-corrected chi connectivity index (χ4v) is 2.84. The lowest BCUT2D eigenvalue weighted by Gasteiger charge is -2.07. The molecule has 108 valence electrons. The molecule has 1 aromatic carbocycles. The smallest absolute Gasteiger partial charge is 0.244 e. The predicted octanol–water partition coefficient (Wildman–Crippen LogP) is 3.41. The molecule has 0 radical (unpaired) electrons. The highest BCUT2D eigenvalue weighted by Crippen LogP contribution is 2.22. The Labute approximate surface area is 131 Å². The first-order chi connectivity index (χ1) is 10.1. The Bertz CT molecular complexity index is 689. The van der Waals surface area contributed by atoms with Gasteiger partial charge in [0.05, 0.1) is 0 Å². The van der Waals surface area contributed by atoms with E-state index in [1.54, 1.807) is 10.8 Å². The minimum atomic E-state index is -0.0999. The predicted molar refractivity (Wildman–Crippen MR) is 84.5 cm³/mol. The molecule has 0 atom stereocenters. The summed E-state index contributed by atoms with van der Waals surface area (Å²) in [5.74, 6) is 0.0837. The zero-order valence-corrected chi connectivity index (χ0v) is 13.0. The Kier molecular flexibility index (Phi) is 3.92. The lowest BCUT2D eigenvalue weighted by Crippen LogP contribution is -2.17. The molecule has 5 heteroatoms. The zero-order valence-electron chi connectivity index (χ0n) is 11.4. The van der Waals surface area contributed by atoms with E-state index in [0.29, 0.717) is 6.42 Å². The van der Waals surface area contributed by atoms with Gasteiger partial charge in [-0.2, -0.15) is 0 Å². The van der Waals surface area contributed by atoms with Crippen LogP contribution in [0, 0.1) is 0 Å². The van der Waals surface area contributed by atoms with E-state index in [1.807, 2.05) is 30.5 Å². The SMILES string of the molecule is O=C(Cn1cc2c(c1)C(=O)CCC2)Nc1ccc(Br)cc1. The van der Waals surface area contributed by atoms with E-state index in [9.17, 15) is 9.59 Å². The quantitative estimate of drug-likeness (QED) is 0.925. The first kappa shape index (κ1) is 14.1. The standard InChI is InChI=1S/C16H15BrN2O2/c17-12-4-6-13(7-5-12)18-16(21)10-19-8-11-2-1-3-15(20)14(11)9-19/h4-9H,1-3,10H2,(H,18,21). The number of fused-ring (bicyclic) bond motifs is 1. The summed E-state index contributed by atoms with van der Waals surface area (Å²) in [5, 5.41) is 2.84. The van der Waals surface area contributed by atoms with Crippen LogP contribution in [0.15, 0.2) is 41.1 Å². The fraction of sp³-hybridized carbons (Fsp3) is 0.250. The number of hydrogen-bond acceptors (Lipinski definition) is 2. The number of halogens is 1. The average Bonchev–Trinajstić information content (AvgIpc) is 2.85. The molecule has 4 nitrogen and oxygen atoms in total. The lowest BCUT2D eigenvalue weighted by molar-refractivity contribution is -0.116. The van der Waals surface area contributed by atoms with E-state index in [-0.39, 0.29) is 18.2 Å². The van der Waals surface area contributed by atoms with Crippen LogP contribution in [-0.2, 0) is 17.8 Å². The van der Waals surface area contributed by atoms with E-state index < -0.39 is 0 Å². The first-order valence-electron chi connectivity index (χ1n) is 6.89. The number of carbonyl (C=O) groups is 2. The van der Waals surface area contributed by atoms with Crippen LogP contribution in [-0.4, -0.2) is 16.3 Å². The normalized spacial score (nSPS) is 13.9. The molecule has 3 rings (SSSR count). The van der Waals surface area contributed by atoms with Crippen molar-refractivity contribution >= 4 is 33.3 Å². The maximum atomic E-state index is 12.0. The molecular weight excluding hydrogens is 332 g/mol. The van der Waals surface area contributed by atoms with Crippen LogP contribution in [0.4, 0.5) is 5.69 Å². The summed E-state index contributed by atoms with van der Waals surface area (Å²) in [6.07, 6.45) is 6.14. The van der Waals surface area contributed by atoms with Crippen molar-refractivity contribution in [2.45, 2.75) is 25.8 Å². The second-order valence-electron chi connectivity index (χ2n) is 5.20. The molecule has 0 saturated heterocycles. The van der Waals surface area contributed by atoms with Gasteiger partial charge in [-0.1, -0.05) is 15.9 Å². The third kappa shape index (κ3) is 3.24. The molecule has 0 spiro atoms. The van der Waals surface area contributed by atoms with Crippen molar-refractivity contribution in [2.24, 2.45) is 0 Å². The highest BCUT2D eigenvalue weighted by molar-refractivity contribution is 9.10. The average molecular weight is 347 g/mol. The number of nitrogens with one attached hydrogen (secondary N) is 1. The number of aromatic nitrogens is 1. The van der Waals surface area contributed by atoms with Gasteiger partial charge in [0.1, 0.15) is 6.54 Å². The summed E-state index contributed by atoms with van der Waals surface area (Å²) in [6, 6.07) is 7.43. The first-order valence-corrected chi connectivity index (χ1v) is 7.68. The number of benzene rings is 1. The van der Waals surface area contributed by atoms with Crippen LogP contribution in [0.5, 0.6) is 0 Å². The van der Waals surface area contributed by atoms with Crippen molar-refractivity contribution in [3.05, 3.63) is 52.3 Å². The highest BCUT2D eigenvalue weighted by atomic mass is 79.9. The summed E-state index contributed by atoms with van der Waals surface area (Å²) >= 11 is 3.35. The van der Waals surface area contributed by atoms with Crippen molar-refractivity contribution in [3.63, 3.8) is 0 Å². The van der Waals surface area contributed by atoms with Gasteiger partial charge < -0.3 is 9.88 Å². The second-order valence-corrected chi connectivity index (χ2v) is 6.12. The number of nitrogens with zero attached hydrogens (tertiary/aromatic N) is 1. The molecule has 0 aliphatic heterocycles. The largest absolute Gasteiger partial charge is 0.344 e. The summed E-state index contributed by atoms with van der Waals surface area (Å²) in [4.78, 5) is 23.8. The number of hydrogen-bond donors (Lipinski definition) is 1. The molecule has 0 unspecified atom stereocenters. The Balaban J connectivity index is 1.67. The van der Waals surface area contributed by atoms with Crippen molar-refractivity contribution in [1.29, 1.82) is 0 Å². The van der Waals surface area contributed by atoms with Crippen LogP contribution in [0.2, 0.25) is 0 Å². The summed E-state index contributed by atoms with van der Waals surface area (Å²) in [7, 11) is 0. The van der Waals surface area contributed by atoms with Gasteiger partial charge in [-0.25, -0.2) is 0 Å². The Morgan fingerprint density at radius 3 is 2.67 bits per heavy atom. The van der Waals surface area contributed by atoms with Crippen molar-refractivity contribution in [3.8, 4) is 0 Å². The molecular formula is C16H15BrN2O2. The van der Waals surface area contributed by atoms with Crippen LogP contribution in [0.1, 0.15) is 28.8 Å². The van der Waals surface area contributed by atoms with E-state index >= 15 is 0 Å². The minimum absolute atomic E-state index is 0.0999. The Morgan fingerprint density at radius 1 is 1.19 bits per heavy atom. The lowest BCUT2D eigenvalue weighted by atomic mass is 9.95. The number of anilines is 1. The second kappa shape index (κ2) is 5.85. The number of Topliss-reactive ketones (excluding diaryl/α,β-unsaturated/α-hetero) is 1. The highest BCUT2D eigenvalue weighted by Gasteiger charge is 2.19. The molecule has 2 aromatic rings. The topological polar surface area (TPSA) is 51.1 Å². The molecule has 0 fully saturated rings. The fourth-order valence-electron chi connectivity index (χ4n) is 2.57. The van der Waals surface area contributed by atoms with Crippen molar-refractivity contribution in [2.75, 3.05) is 5.32 Å². The molecule has 1 amide bonds. The monoisotopic (exact) mass is 346 g/mol. The van der Waals surface area contributed by atoms with Gasteiger partial charge >= 0.3 is 0 Å². The maximum absolute atomic E-state index is 12.0. The Morgan fingerprint density at radius 2 is 1.95 bits per heavy atom. The van der Waals surface area contributed by atoms with E-state index in [4.69, 9.17) is 0 Å².